The summed E-state index contributed by atoms with van der Waals surface area (Å²) in [6.45, 7) is 4.80. The molecular weight excluding hydrogens is 340 g/mol. The number of carbonyl (C=O) groups excluding carboxylic acids is 1. The van der Waals surface area contributed by atoms with Gasteiger partial charge in [-0.25, -0.2) is 9.97 Å². The highest BCUT2D eigenvalue weighted by atomic mass is 16.5. The van der Waals surface area contributed by atoms with Crippen LogP contribution in [0.1, 0.15) is 22.8 Å². The number of hydrogen-bond acceptors (Lipinski definition) is 5. The topological polar surface area (TPSA) is 67.4 Å². The second kappa shape index (κ2) is 8.31. The maximum Gasteiger partial charge on any atom is 0.258 e. The van der Waals surface area contributed by atoms with Crippen LogP contribution < -0.4 is 15.0 Å². The van der Waals surface area contributed by atoms with E-state index in [2.05, 4.69) is 21.4 Å². The summed E-state index contributed by atoms with van der Waals surface area (Å²) in [6, 6.07) is 15.4. The Kier molecular flexibility index (Phi) is 5.66. The molecule has 1 N–H and O–H groups in total. The van der Waals surface area contributed by atoms with Gasteiger partial charge in [-0.05, 0) is 43.7 Å². The van der Waals surface area contributed by atoms with Crippen molar-refractivity contribution in [3.8, 4) is 5.75 Å². The van der Waals surface area contributed by atoms with Crippen molar-refractivity contribution in [1.29, 1.82) is 0 Å². The Morgan fingerprint density at radius 2 is 1.85 bits per heavy atom. The monoisotopic (exact) mass is 362 g/mol. The quantitative estimate of drug-likeness (QED) is 0.712. The van der Waals surface area contributed by atoms with Gasteiger partial charge in [0.2, 0.25) is 5.95 Å². The van der Waals surface area contributed by atoms with Crippen LogP contribution in [0.25, 0.3) is 0 Å². The van der Waals surface area contributed by atoms with Crippen LogP contribution in [0.15, 0.2) is 60.9 Å². The van der Waals surface area contributed by atoms with E-state index < -0.39 is 0 Å². The Morgan fingerprint density at radius 1 is 1.11 bits per heavy atom. The highest BCUT2D eigenvalue weighted by Gasteiger charge is 2.14. The zero-order valence-electron chi connectivity index (χ0n) is 15.6. The Bertz CT molecular complexity index is 925. The van der Waals surface area contributed by atoms with Crippen molar-refractivity contribution in [2.45, 2.75) is 13.8 Å². The predicted molar refractivity (Wildman–Crippen MR) is 107 cm³/mol. The minimum absolute atomic E-state index is 0.287. The number of carbonyl (C=O) groups is 1. The van der Waals surface area contributed by atoms with Crippen molar-refractivity contribution in [2.24, 2.45) is 0 Å². The third-order valence-electron chi connectivity index (χ3n) is 4.13. The fraction of sp³-hybridized carbons (Fsp3) is 0.190. The summed E-state index contributed by atoms with van der Waals surface area (Å²) in [6.07, 6.45) is 3.07. The fourth-order valence-electron chi connectivity index (χ4n) is 2.76. The van der Waals surface area contributed by atoms with E-state index in [9.17, 15) is 4.79 Å². The number of nitrogens with zero attached hydrogens (tertiary/aromatic N) is 3. The van der Waals surface area contributed by atoms with Crippen molar-refractivity contribution in [1.82, 2.24) is 9.97 Å². The number of para-hydroxylation sites is 2. The second-order valence-electron chi connectivity index (χ2n) is 6.01. The number of benzene rings is 2. The summed E-state index contributed by atoms with van der Waals surface area (Å²) < 4.78 is 5.25. The van der Waals surface area contributed by atoms with Crippen molar-refractivity contribution in [3.05, 3.63) is 72.1 Å². The van der Waals surface area contributed by atoms with E-state index in [4.69, 9.17) is 4.74 Å². The zero-order chi connectivity index (χ0) is 19.2. The highest BCUT2D eigenvalue weighted by Crippen LogP contribution is 2.24. The molecule has 0 aliphatic heterocycles. The molecule has 0 fully saturated rings. The van der Waals surface area contributed by atoms with E-state index in [0.717, 1.165) is 12.2 Å². The number of aromatic nitrogens is 2. The van der Waals surface area contributed by atoms with E-state index in [1.165, 1.54) is 18.0 Å². The van der Waals surface area contributed by atoms with Crippen LogP contribution in [0.2, 0.25) is 0 Å². The Morgan fingerprint density at radius 3 is 2.52 bits per heavy atom. The molecule has 138 valence electrons. The lowest BCUT2D eigenvalue weighted by atomic mass is 10.2. The van der Waals surface area contributed by atoms with Crippen molar-refractivity contribution >= 4 is 23.2 Å². The lowest BCUT2D eigenvalue weighted by Crippen LogP contribution is -2.20. The molecule has 6 heteroatoms. The second-order valence-corrected chi connectivity index (χ2v) is 6.01. The molecule has 0 saturated heterocycles. The summed E-state index contributed by atoms with van der Waals surface area (Å²) in [7, 11) is 1.56. The number of hydrogen-bond donors (Lipinski definition) is 1. The first kappa shape index (κ1) is 18.4. The van der Waals surface area contributed by atoms with Crippen LogP contribution in [0.3, 0.4) is 0 Å². The number of methoxy groups -OCH3 is 1. The minimum Gasteiger partial charge on any atom is -0.495 e. The number of rotatable bonds is 6. The van der Waals surface area contributed by atoms with Crippen LogP contribution in [0.5, 0.6) is 5.75 Å². The van der Waals surface area contributed by atoms with Crippen LogP contribution >= 0.6 is 0 Å². The molecule has 3 rings (SSSR count). The molecule has 0 radical (unpaired) electrons. The summed E-state index contributed by atoms with van der Waals surface area (Å²) in [5.74, 6) is 0.863. The highest BCUT2D eigenvalue weighted by molar-refractivity contribution is 6.04. The number of amides is 1. The normalized spacial score (nSPS) is 10.3. The van der Waals surface area contributed by atoms with Gasteiger partial charge in [0.05, 0.1) is 18.4 Å². The smallest absolute Gasteiger partial charge is 0.258 e. The summed E-state index contributed by atoms with van der Waals surface area (Å²) in [5.41, 5.74) is 3.16. The van der Waals surface area contributed by atoms with Crippen LogP contribution in [0.4, 0.5) is 17.3 Å². The third kappa shape index (κ3) is 4.23. The lowest BCUT2D eigenvalue weighted by molar-refractivity contribution is 0.102. The summed E-state index contributed by atoms with van der Waals surface area (Å²) in [5, 5.41) is 2.82. The van der Waals surface area contributed by atoms with Gasteiger partial charge in [0.15, 0.2) is 0 Å². The number of nitrogens with one attached hydrogen (secondary N) is 1. The van der Waals surface area contributed by atoms with E-state index in [1.54, 1.807) is 19.2 Å². The van der Waals surface area contributed by atoms with Crippen LogP contribution in [-0.2, 0) is 0 Å². The van der Waals surface area contributed by atoms with Gasteiger partial charge in [0.1, 0.15) is 5.75 Å². The average Bonchev–Trinajstić information content (AvgIpc) is 2.69. The maximum atomic E-state index is 12.5. The Labute approximate surface area is 158 Å². The van der Waals surface area contributed by atoms with Crippen molar-refractivity contribution in [2.75, 3.05) is 23.9 Å². The SMILES string of the molecule is CCN(c1cccc(C)c1)c1ncc(C(=O)Nc2ccccc2OC)cn1. The first-order valence-electron chi connectivity index (χ1n) is 8.73. The summed E-state index contributed by atoms with van der Waals surface area (Å²) in [4.78, 5) is 23.3. The molecule has 1 heterocycles. The molecule has 0 bridgehead atoms. The first-order chi connectivity index (χ1) is 13.1. The minimum atomic E-state index is -0.287. The molecule has 1 aromatic heterocycles. The van der Waals surface area contributed by atoms with Gasteiger partial charge in [0, 0.05) is 24.6 Å². The van der Waals surface area contributed by atoms with Crippen molar-refractivity contribution < 1.29 is 9.53 Å². The standard InChI is InChI=1S/C21H22N4O2/c1-4-25(17-9-7-8-15(2)12-17)21-22-13-16(14-23-21)20(26)24-18-10-5-6-11-19(18)27-3/h5-14H,4H2,1-3H3,(H,24,26). The van der Waals surface area contributed by atoms with E-state index in [-0.39, 0.29) is 5.91 Å². The van der Waals surface area contributed by atoms with Gasteiger partial charge in [0.25, 0.3) is 5.91 Å². The number of anilines is 3. The van der Waals surface area contributed by atoms with Crippen LogP contribution in [0, 0.1) is 6.92 Å². The maximum absolute atomic E-state index is 12.5. The molecule has 3 aromatic rings. The number of aryl methyl sites for hydroxylation is 1. The molecule has 0 atom stereocenters. The molecule has 0 aliphatic carbocycles. The van der Waals surface area contributed by atoms with Crippen LogP contribution in [-0.4, -0.2) is 29.5 Å². The average molecular weight is 362 g/mol. The molecule has 27 heavy (non-hydrogen) atoms. The lowest BCUT2D eigenvalue weighted by Gasteiger charge is -2.21. The number of ether oxygens (including phenoxy) is 1. The third-order valence-corrected chi connectivity index (χ3v) is 4.13. The first-order valence-corrected chi connectivity index (χ1v) is 8.73. The van der Waals surface area contributed by atoms with E-state index in [1.807, 2.05) is 49.1 Å². The molecule has 0 unspecified atom stereocenters. The van der Waals surface area contributed by atoms with Gasteiger partial charge in [-0.3, -0.25) is 4.79 Å². The van der Waals surface area contributed by atoms with Crippen molar-refractivity contribution in [3.63, 3.8) is 0 Å². The Balaban J connectivity index is 1.79. The molecule has 0 saturated carbocycles. The molecule has 0 spiro atoms. The Hall–Kier alpha value is -3.41. The van der Waals surface area contributed by atoms with Gasteiger partial charge < -0.3 is 15.0 Å². The largest absolute Gasteiger partial charge is 0.495 e. The molecule has 0 aliphatic rings. The predicted octanol–water partition coefficient (Wildman–Crippen LogP) is 4.20. The van der Waals surface area contributed by atoms with Gasteiger partial charge in [-0.15, -0.1) is 0 Å². The van der Waals surface area contributed by atoms with E-state index >= 15 is 0 Å². The van der Waals surface area contributed by atoms with Gasteiger partial charge in [-0.2, -0.15) is 0 Å². The fourth-order valence-corrected chi connectivity index (χ4v) is 2.76. The van der Waals surface area contributed by atoms with E-state index in [0.29, 0.717) is 22.9 Å². The zero-order valence-corrected chi connectivity index (χ0v) is 15.6. The molecule has 1 amide bonds. The molecule has 2 aromatic carbocycles. The molecule has 6 nitrogen and oxygen atoms in total. The van der Waals surface area contributed by atoms with Gasteiger partial charge >= 0.3 is 0 Å². The van der Waals surface area contributed by atoms with Gasteiger partial charge in [-0.1, -0.05) is 24.3 Å². The molecular formula is C21H22N4O2. The summed E-state index contributed by atoms with van der Waals surface area (Å²) >= 11 is 0.